The molecular weight excluding hydrogens is 416 g/mol. The van der Waals surface area contributed by atoms with Crippen molar-refractivity contribution in [2.24, 2.45) is 0 Å². The fourth-order valence-corrected chi connectivity index (χ4v) is 4.06. The zero-order valence-corrected chi connectivity index (χ0v) is 18.3. The number of anilines is 1. The van der Waals surface area contributed by atoms with Gasteiger partial charge in [0, 0.05) is 36.6 Å². The van der Waals surface area contributed by atoms with Crippen LogP contribution < -0.4 is 10.9 Å². The van der Waals surface area contributed by atoms with Crippen LogP contribution in [0.2, 0.25) is 0 Å². The van der Waals surface area contributed by atoms with E-state index in [0.717, 1.165) is 18.4 Å². The van der Waals surface area contributed by atoms with Crippen LogP contribution >= 0.6 is 0 Å². The van der Waals surface area contributed by atoms with Gasteiger partial charge in [-0.2, -0.15) is 5.26 Å². The van der Waals surface area contributed by atoms with Crippen LogP contribution in [0.4, 0.5) is 5.69 Å². The molecule has 2 heterocycles. The number of aryl methyl sites for hydroxylation is 1. The van der Waals surface area contributed by atoms with E-state index in [2.05, 4.69) is 16.4 Å². The first kappa shape index (κ1) is 22.0. The van der Waals surface area contributed by atoms with Gasteiger partial charge in [-0.05, 0) is 67.1 Å². The van der Waals surface area contributed by atoms with Crippen molar-refractivity contribution in [3.8, 4) is 6.07 Å². The summed E-state index contributed by atoms with van der Waals surface area (Å²) in [6.07, 6.45) is 3.08. The monoisotopic (exact) mass is 440 g/mol. The van der Waals surface area contributed by atoms with E-state index >= 15 is 0 Å². The third-order valence-electron chi connectivity index (χ3n) is 6.07. The number of H-pyrrole nitrogens is 1. The van der Waals surface area contributed by atoms with Gasteiger partial charge < -0.3 is 15.2 Å². The summed E-state index contributed by atoms with van der Waals surface area (Å²) in [6.45, 7) is 3.16. The minimum atomic E-state index is -0.359. The van der Waals surface area contributed by atoms with Gasteiger partial charge in [-0.3, -0.25) is 14.4 Å². The number of aromatic amines is 1. The lowest BCUT2D eigenvalue weighted by molar-refractivity contribution is 0.0712. The molecule has 0 unspecified atom stereocenters. The third kappa shape index (κ3) is 5.01. The fraction of sp³-hybridized carbons (Fsp3) is 0.231. The summed E-state index contributed by atoms with van der Waals surface area (Å²) in [5.74, 6) is -0.0537. The van der Waals surface area contributed by atoms with Gasteiger partial charge in [0.2, 0.25) is 5.56 Å². The van der Waals surface area contributed by atoms with Crippen LogP contribution in [0, 0.1) is 18.3 Å². The number of rotatable bonds is 4. The van der Waals surface area contributed by atoms with Crippen LogP contribution in [0.1, 0.15) is 56.2 Å². The topological polar surface area (TPSA) is 106 Å². The molecule has 7 nitrogen and oxygen atoms in total. The van der Waals surface area contributed by atoms with E-state index in [9.17, 15) is 14.4 Å². The molecule has 2 aromatic carbocycles. The second-order valence-electron chi connectivity index (χ2n) is 8.23. The van der Waals surface area contributed by atoms with E-state index in [1.54, 1.807) is 12.1 Å². The highest BCUT2D eigenvalue weighted by atomic mass is 16.2. The fourth-order valence-electron chi connectivity index (χ4n) is 4.06. The highest BCUT2D eigenvalue weighted by Gasteiger charge is 2.25. The van der Waals surface area contributed by atoms with E-state index < -0.39 is 0 Å². The minimum absolute atomic E-state index is 0.0622. The number of likely N-dealkylation sites (tertiary alicyclic amines) is 1. The summed E-state index contributed by atoms with van der Waals surface area (Å²) >= 11 is 0. The van der Waals surface area contributed by atoms with E-state index in [-0.39, 0.29) is 17.4 Å². The molecule has 0 aliphatic carbocycles. The molecule has 2 amide bonds. The van der Waals surface area contributed by atoms with Gasteiger partial charge in [0.1, 0.15) is 0 Å². The molecule has 3 aromatic rings. The lowest BCUT2D eigenvalue weighted by Crippen LogP contribution is -2.38. The van der Waals surface area contributed by atoms with Gasteiger partial charge in [-0.15, -0.1) is 0 Å². The lowest BCUT2D eigenvalue weighted by atomic mass is 9.89. The van der Waals surface area contributed by atoms with Crippen LogP contribution in [0.5, 0.6) is 0 Å². The van der Waals surface area contributed by atoms with Crippen molar-refractivity contribution in [2.75, 3.05) is 18.4 Å². The van der Waals surface area contributed by atoms with Gasteiger partial charge in [0.05, 0.1) is 17.2 Å². The molecule has 0 saturated carbocycles. The highest BCUT2D eigenvalue weighted by Crippen LogP contribution is 2.29. The highest BCUT2D eigenvalue weighted by molar-refractivity contribution is 6.05. The van der Waals surface area contributed by atoms with Gasteiger partial charge in [0.25, 0.3) is 11.8 Å². The third-order valence-corrected chi connectivity index (χ3v) is 6.07. The van der Waals surface area contributed by atoms with Crippen molar-refractivity contribution in [1.82, 2.24) is 9.88 Å². The van der Waals surface area contributed by atoms with Gasteiger partial charge in [-0.1, -0.05) is 18.2 Å². The molecule has 33 heavy (non-hydrogen) atoms. The largest absolute Gasteiger partial charge is 0.339 e. The van der Waals surface area contributed by atoms with Crippen molar-refractivity contribution in [3.05, 3.63) is 99.0 Å². The number of aromatic nitrogens is 1. The summed E-state index contributed by atoms with van der Waals surface area (Å²) < 4.78 is 0. The van der Waals surface area contributed by atoms with E-state index in [1.165, 1.54) is 23.9 Å². The maximum absolute atomic E-state index is 13.1. The molecule has 0 radical (unpaired) electrons. The maximum Gasteiger partial charge on any atom is 0.257 e. The Morgan fingerprint density at radius 3 is 2.36 bits per heavy atom. The second-order valence-corrected chi connectivity index (χ2v) is 8.23. The Morgan fingerprint density at radius 1 is 1.03 bits per heavy atom. The van der Waals surface area contributed by atoms with Gasteiger partial charge >= 0.3 is 0 Å². The van der Waals surface area contributed by atoms with Crippen molar-refractivity contribution < 1.29 is 9.59 Å². The predicted octanol–water partition coefficient (Wildman–Crippen LogP) is 3.83. The first-order valence-electron chi connectivity index (χ1n) is 10.8. The molecule has 1 aliphatic heterocycles. The van der Waals surface area contributed by atoms with Crippen LogP contribution in [-0.4, -0.2) is 34.8 Å². The number of hydrogen-bond donors (Lipinski definition) is 2. The molecule has 1 aliphatic rings. The second kappa shape index (κ2) is 9.53. The standard InChI is InChI=1S/C26H24N4O3/c1-17-2-5-21(14-23(17)29-25(32)22-8-9-24(31)28-16-22)26(33)30-12-10-20(11-13-30)19-6-3-18(15-27)4-7-19/h2-9,14,16,20H,10-13H2,1H3,(H,28,31)(H,29,32). The molecule has 1 aromatic heterocycles. The molecule has 1 saturated heterocycles. The molecule has 1 fully saturated rings. The van der Waals surface area contributed by atoms with Crippen molar-refractivity contribution in [2.45, 2.75) is 25.7 Å². The molecule has 0 atom stereocenters. The zero-order chi connectivity index (χ0) is 23.4. The Hall–Kier alpha value is -4.18. The lowest BCUT2D eigenvalue weighted by Gasteiger charge is -2.32. The molecule has 7 heteroatoms. The number of benzene rings is 2. The minimum Gasteiger partial charge on any atom is -0.339 e. The smallest absolute Gasteiger partial charge is 0.257 e. The van der Waals surface area contributed by atoms with Crippen LogP contribution in [0.3, 0.4) is 0 Å². The SMILES string of the molecule is Cc1ccc(C(=O)N2CCC(c3ccc(C#N)cc3)CC2)cc1NC(=O)c1ccc(=O)[nH]c1. The average molecular weight is 441 g/mol. The summed E-state index contributed by atoms with van der Waals surface area (Å²) in [5, 5.41) is 11.8. The van der Waals surface area contributed by atoms with Crippen molar-refractivity contribution >= 4 is 17.5 Å². The molecular formula is C26H24N4O3. The van der Waals surface area contributed by atoms with Gasteiger partial charge in [-0.25, -0.2) is 0 Å². The Balaban J connectivity index is 1.42. The molecule has 4 rings (SSSR count). The number of carbonyl (C=O) groups excluding carboxylic acids is 2. The zero-order valence-electron chi connectivity index (χ0n) is 18.3. The number of pyridine rings is 1. The predicted molar refractivity (Wildman–Crippen MR) is 125 cm³/mol. The van der Waals surface area contributed by atoms with E-state index in [0.29, 0.717) is 41.4 Å². The van der Waals surface area contributed by atoms with Crippen LogP contribution in [0.25, 0.3) is 0 Å². The summed E-state index contributed by atoms with van der Waals surface area (Å²) in [6, 6.07) is 17.9. The Kier molecular flexibility index (Phi) is 6.36. The summed E-state index contributed by atoms with van der Waals surface area (Å²) in [4.78, 5) is 41.2. The summed E-state index contributed by atoms with van der Waals surface area (Å²) in [7, 11) is 0. The van der Waals surface area contributed by atoms with E-state index in [4.69, 9.17) is 5.26 Å². The number of nitriles is 1. The molecule has 0 bridgehead atoms. The number of nitrogens with zero attached hydrogens (tertiary/aromatic N) is 2. The first-order chi connectivity index (χ1) is 15.9. The van der Waals surface area contributed by atoms with Crippen LogP contribution in [-0.2, 0) is 0 Å². The Morgan fingerprint density at radius 2 is 1.73 bits per heavy atom. The molecule has 2 N–H and O–H groups in total. The van der Waals surface area contributed by atoms with Crippen molar-refractivity contribution in [1.29, 1.82) is 5.26 Å². The summed E-state index contributed by atoms with van der Waals surface area (Å²) in [5.41, 5.74) is 3.81. The Bertz CT molecular complexity index is 1260. The quantitative estimate of drug-likeness (QED) is 0.643. The Labute approximate surface area is 191 Å². The normalized spacial score (nSPS) is 13.9. The van der Waals surface area contributed by atoms with E-state index in [1.807, 2.05) is 42.2 Å². The number of amides is 2. The van der Waals surface area contributed by atoms with Crippen molar-refractivity contribution in [3.63, 3.8) is 0 Å². The first-order valence-corrected chi connectivity index (χ1v) is 10.8. The number of hydrogen-bond acceptors (Lipinski definition) is 4. The number of piperidine rings is 1. The molecule has 166 valence electrons. The maximum atomic E-state index is 13.1. The molecule has 0 spiro atoms. The van der Waals surface area contributed by atoms with Crippen LogP contribution in [0.15, 0.2) is 65.6 Å². The number of nitrogens with one attached hydrogen (secondary N) is 2. The number of carbonyl (C=O) groups is 2. The van der Waals surface area contributed by atoms with Gasteiger partial charge in [0.15, 0.2) is 0 Å². The average Bonchev–Trinajstić information content (AvgIpc) is 2.85.